The van der Waals surface area contributed by atoms with Gasteiger partial charge < -0.3 is 25.2 Å². The number of hydrogen-bond acceptors (Lipinski definition) is 6. The van der Waals surface area contributed by atoms with E-state index in [0.29, 0.717) is 31.3 Å². The Bertz CT molecular complexity index is 414. The highest BCUT2D eigenvalue weighted by molar-refractivity contribution is 5.54. The molecule has 0 bridgehead atoms. The van der Waals surface area contributed by atoms with Crippen LogP contribution in [0.5, 0.6) is 5.88 Å². The van der Waals surface area contributed by atoms with Crippen LogP contribution in [0.15, 0.2) is 12.1 Å². The molecule has 1 fully saturated rings. The molecule has 1 aliphatic rings. The van der Waals surface area contributed by atoms with Gasteiger partial charge in [-0.15, -0.1) is 0 Å². The van der Waals surface area contributed by atoms with Crippen LogP contribution in [-0.2, 0) is 4.74 Å². The summed E-state index contributed by atoms with van der Waals surface area (Å²) in [6.45, 7) is 4.62. The molecule has 1 aromatic rings. The van der Waals surface area contributed by atoms with Crippen molar-refractivity contribution in [3.8, 4) is 5.88 Å². The highest BCUT2D eigenvalue weighted by atomic mass is 16.5. The summed E-state index contributed by atoms with van der Waals surface area (Å²) in [7, 11) is 0. The molecule has 1 atom stereocenters. The van der Waals surface area contributed by atoms with E-state index in [9.17, 15) is 0 Å². The lowest BCUT2D eigenvalue weighted by molar-refractivity contribution is 0.00334. The van der Waals surface area contributed by atoms with Crippen molar-refractivity contribution in [2.24, 2.45) is 0 Å². The van der Waals surface area contributed by atoms with Crippen LogP contribution in [0, 0.1) is 0 Å². The van der Waals surface area contributed by atoms with Gasteiger partial charge in [-0.2, -0.15) is 4.98 Å². The number of aliphatic hydroxyl groups is 1. The third-order valence-corrected chi connectivity index (χ3v) is 2.98. The molecule has 0 aliphatic carbocycles. The number of aromatic nitrogens is 1. The summed E-state index contributed by atoms with van der Waals surface area (Å²) >= 11 is 0. The first-order valence-electron chi connectivity index (χ1n) is 6.61. The maximum atomic E-state index is 9.15. The molecule has 1 unspecified atom stereocenters. The minimum Gasteiger partial charge on any atom is -0.476 e. The Hall–Kier alpha value is -1.53. The summed E-state index contributed by atoms with van der Waals surface area (Å²) in [5.74, 6) is 1.29. The Morgan fingerprint density at radius 2 is 2.42 bits per heavy atom. The lowest BCUT2D eigenvalue weighted by Crippen LogP contribution is -2.44. The van der Waals surface area contributed by atoms with Gasteiger partial charge in [0.1, 0.15) is 5.82 Å². The zero-order chi connectivity index (χ0) is 13.7. The maximum Gasteiger partial charge on any atom is 0.239 e. The van der Waals surface area contributed by atoms with Crippen LogP contribution in [0.4, 0.5) is 11.5 Å². The van der Waals surface area contributed by atoms with Crippen LogP contribution in [-0.4, -0.2) is 49.1 Å². The largest absolute Gasteiger partial charge is 0.476 e. The number of nitrogens with zero attached hydrogens (tertiary/aromatic N) is 2. The second kappa shape index (κ2) is 6.58. The Morgan fingerprint density at radius 3 is 3.16 bits per heavy atom. The first-order chi connectivity index (χ1) is 9.24. The van der Waals surface area contributed by atoms with Gasteiger partial charge in [0.05, 0.1) is 31.6 Å². The van der Waals surface area contributed by atoms with E-state index in [1.807, 2.05) is 13.0 Å². The van der Waals surface area contributed by atoms with Crippen LogP contribution >= 0.6 is 0 Å². The summed E-state index contributed by atoms with van der Waals surface area (Å²) in [4.78, 5) is 6.52. The molecule has 1 saturated heterocycles. The second-order valence-corrected chi connectivity index (χ2v) is 4.53. The molecule has 0 amide bonds. The average molecular weight is 267 g/mol. The molecular formula is C13H21N3O3. The van der Waals surface area contributed by atoms with Gasteiger partial charge in [0.25, 0.3) is 0 Å². The van der Waals surface area contributed by atoms with E-state index in [2.05, 4.69) is 9.88 Å². The summed E-state index contributed by atoms with van der Waals surface area (Å²) in [6, 6.07) is 3.67. The standard InChI is InChI=1S/C13H21N3O3/c1-2-6-19-13-11(14)3-4-12(15-13)16-5-7-18-10(8-16)9-17/h3-4,10,17H,2,5-9,14H2,1H3. The second-order valence-electron chi connectivity index (χ2n) is 4.53. The minimum absolute atomic E-state index is 0.0185. The smallest absolute Gasteiger partial charge is 0.239 e. The summed E-state index contributed by atoms with van der Waals surface area (Å²) < 4.78 is 10.9. The SMILES string of the molecule is CCCOc1nc(N2CCOC(CO)C2)ccc1N. The van der Waals surface area contributed by atoms with Crippen LogP contribution in [0.1, 0.15) is 13.3 Å². The van der Waals surface area contributed by atoms with Crippen LogP contribution in [0.25, 0.3) is 0 Å². The molecule has 2 rings (SSSR count). The van der Waals surface area contributed by atoms with Gasteiger partial charge in [0, 0.05) is 13.1 Å². The average Bonchev–Trinajstić information content (AvgIpc) is 2.46. The van der Waals surface area contributed by atoms with E-state index in [0.717, 1.165) is 18.8 Å². The normalized spacial score (nSPS) is 19.5. The zero-order valence-corrected chi connectivity index (χ0v) is 11.2. The van der Waals surface area contributed by atoms with Crippen LogP contribution < -0.4 is 15.4 Å². The summed E-state index contributed by atoms with van der Waals surface area (Å²) in [5, 5.41) is 9.15. The predicted octanol–water partition coefficient (Wildman–Crippen LogP) is 0.650. The predicted molar refractivity (Wildman–Crippen MR) is 73.5 cm³/mol. The maximum absolute atomic E-state index is 9.15. The Kier molecular flexibility index (Phi) is 4.81. The number of nitrogens with two attached hydrogens (primary N) is 1. The highest BCUT2D eigenvalue weighted by Crippen LogP contribution is 2.24. The number of ether oxygens (including phenoxy) is 2. The first kappa shape index (κ1) is 13.9. The molecule has 0 saturated carbocycles. The fourth-order valence-electron chi connectivity index (χ4n) is 1.97. The van der Waals surface area contributed by atoms with E-state index in [-0.39, 0.29) is 12.7 Å². The van der Waals surface area contributed by atoms with E-state index < -0.39 is 0 Å². The van der Waals surface area contributed by atoms with E-state index in [1.54, 1.807) is 6.07 Å². The van der Waals surface area contributed by atoms with Crippen molar-refractivity contribution in [1.82, 2.24) is 4.98 Å². The molecule has 2 heterocycles. The van der Waals surface area contributed by atoms with Gasteiger partial charge in [-0.1, -0.05) is 6.92 Å². The van der Waals surface area contributed by atoms with Crippen molar-refractivity contribution in [2.45, 2.75) is 19.4 Å². The van der Waals surface area contributed by atoms with Crippen LogP contribution in [0.2, 0.25) is 0 Å². The molecule has 6 nitrogen and oxygen atoms in total. The topological polar surface area (TPSA) is 80.8 Å². The van der Waals surface area contributed by atoms with E-state index in [1.165, 1.54) is 0 Å². The van der Waals surface area contributed by atoms with E-state index >= 15 is 0 Å². The Morgan fingerprint density at radius 1 is 1.58 bits per heavy atom. The van der Waals surface area contributed by atoms with Gasteiger partial charge in [0.15, 0.2) is 0 Å². The number of pyridine rings is 1. The molecule has 106 valence electrons. The summed E-state index contributed by atoms with van der Waals surface area (Å²) in [5.41, 5.74) is 6.39. The van der Waals surface area contributed by atoms with E-state index in [4.69, 9.17) is 20.3 Å². The molecule has 6 heteroatoms. The Balaban J connectivity index is 2.10. The van der Waals surface area contributed by atoms with Gasteiger partial charge in [-0.25, -0.2) is 0 Å². The van der Waals surface area contributed by atoms with Crippen LogP contribution in [0.3, 0.4) is 0 Å². The molecular weight excluding hydrogens is 246 g/mol. The monoisotopic (exact) mass is 267 g/mol. The van der Waals surface area contributed by atoms with Crippen molar-refractivity contribution in [3.63, 3.8) is 0 Å². The molecule has 0 spiro atoms. The number of aliphatic hydroxyl groups excluding tert-OH is 1. The van der Waals surface area contributed by atoms with Gasteiger partial charge in [-0.05, 0) is 18.6 Å². The van der Waals surface area contributed by atoms with Crippen molar-refractivity contribution in [2.75, 3.05) is 43.5 Å². The minimum atomic E-state index is -0.159. The number of anilines is 2. The lowest BCUT2D eigenvalue weighted by Gasteiger charge is -2.33. The molecule has 0 radical (unpaired) electrons. The van der Waals surface area contributed by atoms with Crippen molar-refractivity contribution >= 4 is 11.5 Å². The highest BCUT2D eigenvalue weighted by Gasteiger charge is 2.21. The molecule has 1 aliphatic heterocycles. The van der Waals surface area contributed by atoms with Gasteiger partial charge in [0.2, 0.25) is 5.88 Å². The number of hydrogen-bond donors (Lipinski definition) is 2. The molecule has 0 aromatic carbocycles. The Labute approximate surface area is 113 Å². The lowest BCUT2D eigenvalue weighted by atomic mass is 10.2. The fourth-order valence-corrected chi connectivity index (χ4v) is 1.97. The third kappa shape index (κ3) is 3.48. The fraction of sp³-hybridized carbons (Fsp3) is 0.615. The molecule has 3 N–H and O–H groups in total. The summed E-state index contributed by atoms with van der Waals surface area (Å²) in [6.07, 6.45) is 0.753. The van der Waals surface area contributed by atoms with Crippen molar-refractivity contribution < 1.29 is 14.6 Å². The van der Waals surface area contributed by atoms with Gasteiger partial charge >= 0.3 is 0 Å². The van der Waals surface area contributed by atoms with Gasteiger partial charge in [-0.3, -0.25) is 0 Å². The van der Waals surface area contributed by atoms with Crippen molar-refractivity contribution in [1.29, 1.82) is 0 Å². The van der Waals surface area contributed by atoms with Crippen molar-refractivity contribution in [3.05, 3.63) is 12.1 Å². The quantitative estimate of drug-likeness (QED) is 0.815. The third-order valence-electron chi connectivity index (χ3n) is 2.98. The number of nitrogen functional groups attached to an aromatic ring is 1. The number of rotatable bonds is 5. The first-order valence-corrected chi connectivity index (χ1v) is 6.61. The molecule has 1 aromatic heterocycles. The molecule has 19 heavy (non-hydrogen) atoms. The number of morpholine rings is 1. The zero-order valence-electron chi connectivity index (χ0n) is 11.2.